The van der Waals surface area contributed by atoms with Gasteiger partial charge in [-0.15, -0.1) is 5.10 Å². The van der Waals surface area contributed by atoms with E-state index in [1.807, 2.05) is 0 Å². The van der Waals surface area contributed by atoms with E-state index >= 15 is 0 Å². The van der Waals surface area contributed by atoms with Gasteiger partial charge in [0, 0.05) is 0 Å². The lowest BCUT2D eigenvalue weighted by atomic mass is 10.3. The van der Waals surface area contributed by atoms with E-state index in [0.29, 0.717) is 0 Å². The first-order chi connectivity index (χ1) is 3.43. The lowest BCUT2D eigenvalue weighted by Gasteiger charge is -1.82. The summed E-state index contributed by atoms with van der Waals surface area (Å²) in [5.41, 5.74) is 1.08. The first kappa shape index (κ1) is 4.43. The van der Waals surface area contributed by atoms with Crippen LogP contribution in [-0.4, -0.2) is 12.3 Å². The van der Waals surface area contributed by atoms with E-state index < -0.39 is 0 Å². The molecule has 0 spiro atoms. The van der Waals surface area contributed by atoms with Crippen molar-refractivity contribution in [2.75, 3.05) is 6.54 Å². The zero-order chi connectivity index (χ0) is 5.11. The molecule has 1 rings (SSSR count). The van der Waals surface area contributed by atoms with Gasteiger partial charge in [-0.25, -0.2) is 0 Å². The van der Waals surface area contributed by atoms with Crippen LogP contribution < -0.4 is 0 Å². The summed E-state index contributed by atoms with van der Waals surface area (Å²) in [6, 6.07) is 0. The topological polar surface area (TPSA) is 37.1 Å². The molecule has 0 atom stereocenters. The Hall–Kier alpha value is -0.730. The SMILES string of the molecule is CCC1=NN=NC1. The Morgan fingerprint density at radius 3 is 2.86 bits per heavy atom. The summed E-state index contributed by atoms with van der Waals surface area (Å²) in [4.78, 5) is 0. The molecule has 0 N–H and O–H groups in total. The average molecular weight is 97.1 g/mol. The maximum Gasteiger partial charge on any atom is 0.102 e. The van der Waals surface area contributed by atoms with E-state index in [1.54, 1.807) is 0 Å². The van der Waals surface area contributed by atoms with Gasteiger partial charge in [-0.2, -0.15) is 5.11 Å². The minimum Gasteiger partial charge on any atom is -0.163 e. The third-order valence-corrected chi connectivity index (χ3v) is 0.911. The Kier molecular flexibility index (Phi) is 1.15. The molecule has 38 valence electrons. The monoisotopic (exact) mass is 97.1 g/mol. The first-order valence-corrected chi connectivity index (χ1v) is 2.35. The number of rotatable bonds is 1. The van der Waals surface area contributed by atoms with Gasteiger partial charge in [-0.3, -0.25) is 0 Å². The summed E-state index contributed by atoms with van der Waals surface area (Å²) >= 11 is 0. The predicted molar refractivity (Wildman–Crippen MR) is 27.4 cm³/mol. The van der Waals surface area contributed by atoms with Crippen LogP contribution in [0.3, 0.4) is 0 Å². The molecule has 0 aromatic carbocycles. The van der Waals surface area contributed by atoms with E-state index in [4.69, 9.17) is 0 Å². The third kappa shape index (κ3) is 0.824. The molecule has 1 aliphatic rings. The van der Waals surface area contributed by atoms with Crippen LogP contribution in [0.5, 0.6) is 0 Å². The van der Waals surface area contributed by atoms with Crippen LogP contribution in [0.2, 0.25) is 0 Å². The standard InChI is InChI=1S/C4H7N3/c1-2-4-3-5-7-6-4/h2-3H2,1H3. The Labute approximate surface area is 42.1 Å². The maximum atomic E-state index is 3.73. The lowest BCUT2D eigenvalue weighted by Crippen LogP contribution is -1.94. The Morgan fingerprint density at radius 2 is 2.57 bits per heavy atom. The molecule has 0 saturated carbocycles. The Morgan fingerprint density at radius 1 is 1.71 bits per heavy atom. The van der Waals surface area contributed by atoms with Crippen molar-refractivity contribution in [1.29, 1.82) is 0 Å². The second-order valence-electron chi connectivity index (χ2n) is 1.41. The molecule has 7 heavy (non-hydrogen) atoms. The summed E-state index contributed by atoms with van der Waals surface area (Å²) in [6.45, 7) is 2.77. The molecule has 0 saturated heterocycles. The quantitative estimate of drug-likeness (QED) is 0.471. The molecule has 0 fully saturated rings. The van der Waals surface area contributed by atoms with Gasteiger partial charge in [-0.1, -0.05) is 6.92 Å². The number of hydrogen-bond donors (Lipinski definition) is 0. The average Bonchev–Trinajstić information content (AvgIpc) is 2.14. The van der Waals surface area contributed by atoms with Crippen LogP contribution in [0, 0.1) is 0 Å². The lowest BCUT2D eigenvalue weighted by molar-refractivity contribution is 1.06. The molecule has 0 amide bonds. The van der Waals surface area contributed by atoms with Crippen molar-refractivity contribution in [2.24, 2.45) is 15.4 Å². The molecule has 0 aromatic heterocycles. The normalized spacial score (nSPS) is 17.6. The molecule has 3 heteroatoms. The highest BCUT2D eigenvalue weighted by Gasteiger charge is 1.97. The minimum absolute atomic E-state index is 0.719. The first-order valence-electron chi connectivity index (χ1n) is 2.35. The van der Waals surface area contributed by atoms with Gasteiger partial charge < -0.3 is 0 Å². The molecule has 0 aromatic rings. The second-order valence-corrected chi connectivity index (χ2v) is 1.41. The largest absolute Gasteiger partial charge is 0.163 e. The fourth-order valence-electron chi connectivity index (χ4n) is 0.422. The van der Waals surface area contributed by atoms with Gasteiger partial charge in [0.1, 0.15) is 6.54 Å². The summed E-state index contributed by atoms with van der Waals surface area (Å²) in [6.07, 6.45) is 0.979. The minimum atomic E-state index is 0.719. The van der Waals surface area contributed by atoms with E-state index in [9.17, 15) is 0 Å². The van der Waals surface area contributed by atoms with Gasteiger partial charge in [0.05, 0.1) is 5.71 Å². The van der Waals surface area contributed by atoms with Crippen molar-refractivity contribution >= 4 is 5.71 Å². The molecular weight excluding hydrogens is 90.1 g/mol. The third-order valence-electron chi connectivity index (χ3n) is 0.911. The van der Waals surface area contributed by atoms with Gasteiger partial charge in [0.2, 0.25) is 0 Å². The van der Waals surface area contributed by atoms with E-state index in [1.165, 1.54) is 0 Å². The van der Waals surface area contributed by atoms with E-state index in [2.05, 4.69) is 22.4 Å². The van der Waals surface area contributed by atoms with Crippen LogP contribution >= 0.6 is 0 Å². The van der Waals surface area contributed by atoms with Crippen LogP contribution in [0.4, 0.5) is 0 Å². The van der Waals surface area contributed by atoms with Gasteiger partial charge in [0.15, 0.2) is 0 Å². The van der Waals surface area contributed by atoms with E-state index in [0.717, 1.165) is 18.7 Å². The van der Waals surface area contributed by atoms with Crippen molar-refractivity contribution < 1.29 is 0 Å². The molecule has 3 nitrogen and oxygen atoms in total. The van der Waals surface area contributed by atoms with Crippen LogP contribution in [0.15, 0.2) is 15.4 Å². The number of hydrogen-bond acceptors (Lipinski definition) is 3. The smallest absolute Gasteiger partial charge is 0.102 e. The highest BCUT2D eigenvalue weighted by Crippen LogP contribution is 1.95. The molecule has 0 bridgehead atoms. The fraction of sp³-hybridized carbons (Fsp3) is 0.750. The Balaban J connectivity index is 2.45. The fourth-order valence-corrected chi connectivity index (χ4v) is 0.422. The van der Waals surface area contributed by atoms with Crippen molar-refractivity contribution in [1.82, 2.24) is 0 Å². The second kappa shape index (κ2) is 1.82. The van der Waals surface area contributed by atoms with Gasteiger partial charge in [-0.05, 0) is 11.6 Å². The Bertz CT molecular complexity index is 114. The maximum absolute atomic E-state index is 3.73. The highest BCUT2D eigenvalue weighted by molar-refractivity contribution is 5.86. The molecular formula is C4H7N3. The zero-order valence-corrected chi connectivity index (χ0v) is 4.26. The summed E-state index contributed by atoms with van der Waals surface area (Å²) in [5.74, 6) is 0. The zero-order valence-electron chi connectivity index (χ0n) is 4.26. The van der Waals surface area contributed by atoms with Crippen molar-refractivity contribution in [3.05, 3.63) is 0 Å². The predicted octanol–water partition coefficient (Wildman–Crippen LogP) is 1.22. The van der Waals surface area contributed by atoms with Crippen LogP contribution in [0.25, 0.3) is 0 Å². The molecule has 0 unspecified atom stereocenters. The number of nitrogens with zero attached hydrogens (tertiary/aromatic N) is 3. The van der Waals surface area contributed by atoms with Crippen molar-refractivity contribution in [3.8, 4) is 0 Å². The molecule has 1 aliphatic heterocycles. The van der Waals surface area contributed by atoms with Crippen molar-refractivity contribution in [3.63, 3.8) is 0 Å². The van der Waals surface area contributed by atoms with Crippen LogP contribution in [0.1, 0.15) is 13.3 Å². The van der Waals surface area contributed by atoms with Crippen LogP contribution in [-0.2, 0) is 0 Å². The van der Waals surface area contributed by atoms with Crippen molar-refractivity contribution in [2.45, 2.75) is 13.3 Å². The molecule has 0 aliphatic carbocycles. The van der Waals surface area contributed by atoms with Gasteiger partial charge in [0.25, 0.3) is 0 Å². The summed E-state index contributed by atoms with van der Waals surface area (Å²) in [7, 11) is 0. The highest BCUT2D eigenvalue weighted by atomic mass is 15.4. The molecule has 0 radical (unpaired) electrons. The van der Waals surface area contributed by atoms with E-state index in [-0.39, 0.29) is 0 Å². The molecule has 1 heterocycles. The summed E-state index contributed by atoms with van der Waals surface area (Å²) < 4.78 is 0. The summed E-state index contributed by atoms with van der Waals surface area (Å²) in [5, 5.41) is 10.8. The van der Waals surface area contributed by atoms with Gasteiger partial charge >= 0.3 is 0 Å².